The predicted octanol–water partition coefficient (Wildman–Crippen LogP) is 3.46. The lowest BCUT2D eigenvalue weighted by Gasteiger charge is -2.18. The molecule has 3 aromatic rings. The Morgan fingerprint density at radius 1 is 1.00 bits per heavy atom. The summed E-state index contributed by atoms with van der Waals surface area (Å²) in [5, 5.41) is 2.29. The third-order valence-corrected chi connectivity index (χ3v) is 3.79. The number of aromatic nitrogens is 1. The molecule has 0 saturated heterocycles. The van der Waals surface area contributed by atoms with Crippen LogP contribution in [0, 0.1) is 12.3 Å². The minimum Gasteiger partial charge on any atom is -0.332 e. The van der Waals surface area contributed by atoms with E-state index >= 15 is 0 Å². The van der Waals surface area contributed by atoms with E-state index in [-0.39, 0.29) is 5.56 Å². The van der Waals surface area contributed by atoms with Crippen LogP contribution in [0.3, 0.4) is 0 Å². The molecule has 0 radical (unpaired) electrons. The third kappa shape index (κ3) is 2.61. The molecule has 118 valence electrons. The molecule has 0 saturated carbocycles. The highest BCUT2D eigenvalue weighted by Gasteiger charge is 2.25. The Morgan fingerprint density at radius 3 is 2.30 bits per heavy atom. The molecule has 0 fully saturated rings. The Hall–Kier alpha value is -2.62. The summed E-state index contributed by atoms with van der Waals surface area (Å²) in [6, 6.07) is 13.1. The van der Waals surface area contributed by atoms with Gasteiger partial charge < -0.3 is 4.84 Å². The molecule has 1 heterocycles. The molecule has 0 amide bonds. The maximum atomic E-state index is 12.8. The first-order valence-electron chi connectivity index (χ1n) is 7.56. The Balaban J connectivity index is 2.38. The van der Waals surface area contributed by atoms with Crippen LogP contribution in [0.2, 0.25) is 0 Å². The summed E-state index contributed by atoms with van der Waals surface area (Å²) in [5.41, 5.74) is 0.656. The molecule has 0 bridgehead atoms. The summed E-state index contributed by atoms with van der Waals surface area (Å²) in [7, 11) is 0. The summed E-state index contributed by atoms with van der Waals surface area (Å²) < 4.78 is 1.12. The van der Waals surface area contributed by atoms with Gasteiger partial charge in [-0.1, -0.05) is 29.8 Å². The molecule has 2 aromatic carbocycles. The van der Waals surface area contributed by atoms with Crippen LogP contribution in [0.4, 0.5) is 0 Å². The lowest BCUT2D eigenvalue weighted by atomic mass is 9.98. The minimum atomic E-state index is -0.692. The zero-order chi connectivity index (χ0) is 16.8. The van der Waals surface area contributed by atoms with Gasteiger partial charge in [0.2, 0.25) is 0 Å². The zero-order valence-electron chi connectivity index (χ0n) is 13.7. The average molecular weight is 309 g/mol. The Morgan fingerprint density at radius 2 is 1.65 bits per heavy atom. The predicted molar refractivity (Wildman–Crippen MR) is 91.5 cm³/mol. The number of pyridine rings is 1. The van der Waals surface area contributed by atoms with Crippen molar-refractivity contribution in [2.24, 2.45) is 5.41 Å². The smallest absolute Gasteiger partial charge is 0.332 e. The van der Waals surface area contributed by atoms with E-state index in [2.05, 4.69) is 0 Å². The molecule has 4 nitrogen and oxygen atoms in total. The van der Waals surface area contributed by atoms with Gasteiger partial charge in [-0.25, -0.2) is 4.79 Å². The van der Waals surface area contributed by atoms with Crippen molar-refractivity contribution in [2.75, 3.05) is 0 Å². The van der Waals surface area contributed by atoms with E-state index in [1.807, 2.05) is 37.3 Å². The highest BCUT2D eigenvalue weighted by molar-refractivity contribution is 6.05. The number of aryl methyl sites for hydroxylation is 1. The van der Waals surface area contributed by atoms with E-state index in [0.29, 0.717) is 10.9 Å². The zero-order valence-corrected chi connectivity index (χ0v) is 13.7. The highest BCUT2D eigenvalue weighted by Crippen LogP contribution is 2.24. The Bertz CT molecular complexity index is 977. The van der Waals surface area contributed by atoms with Gasteiger partial charge in [-0.2, -0.15) is 0 Å². The summed E-state index contributed by atoms with van der Waals surface area (Å²) >= 11 is 0. The molecular weight excluding hydrogens is 290 g/mol. The number of carbonyl (C=O) groups is 1. The second-order valence-corrected chi connectivity index (χ2v) is 6.79. The molecule has 0 unspecified atom stereocenters. The minimum absolute atomic E-state index is 0.324. The molecule has 0 spiro atoms. The third-order valence-electron chi connectivity index (χ3n) is 3.79. The lowest BCUT2D eigenvalue weighted by molar-refractivity contribution is -0.153. The SMILES string of the molecule is Cc1ccc2c(c1)c1ccccc1c(=O)n2OC(=O)C(C)(C)C. The van der Waals surface area contributed by atoms with Crippen molar-refractivity contribution in [1.82, 2.24) is 4.73 Å². The number of rotatable bonds is 1. The number of carbonyl (C=O) groups excluding carboxylic acids is 1. The second-order valence-electron chi connectivity index (χ2n) is 6.79. The Labute approximate surface area is 134 Å². The van der Waals surface area contributed by atoms with Crippen molar-refractivity contribution in [2.45, 2.75) is 27.7 Å². The average Bonchev–Trinajstić information content (AvgIpc) is 2.50. The first kappa shape index (κ1) is 15.3. The molecule has 4 heteroatoms. The van der Waals surface area contributed by atoms with Crippen LogP contribution in [-0.4, -0.2) is 10.7 Å². The molecule has 0 atom stereocenters. The van der Waals surface area contributed by atoms with Gasteiger partial charge >= 0.3 is 5.97 Å². The number of hydrogen-bond acceptors (Lipinski definition) is 3. The van der Waals surface area contributed by atoms with Gasteiger partial charge in [-0.15, -0.1) is 4.73 Å². The van der Waals surface area contributed by atoms with Gasteiger partial charge in [0.25, 0.3) is 5.56 Å². The van der Waals surface area contributed by atoms with Crippen LogP contribution in [0.25, 0.3) is 21.7 Å². The van der Waals surface area contributed by atoms with Crippen LogP contribution in [0.1, 0.15) is 26.3 Å². The quantitative estimate of drug-likeness (QED) is 0.647. The first-order valence-corrected chi connectivity index (χ1v) is 7.56. The van der Waals surface area contributed by atoms with E-state index in [4.69, 9.17) is 4.84 Å². The second kappa shape index (κ2) is 5.23. The van der Waals surface area contributed by atoms with Gasteiger partial charge in [-0.3, -0.25) is 4.79 Å². The molecular formula is C19H19NO3. The summed E-state index contributed by atoms with van der Waals surface area (Å²) in [5.74, 6) is -0.447. The van der Waals surface area contributed by atoms with E-state index in [1.54, 1.807) is 32.9 Å². The van der Waals surface area contributed by atoms with Crippen LogP contribution in [0.5, 0.6) is 0 Å². The summed E-state index contributed by atoms with van der Waals surface area (Å²) in [6.45, 7) is 7.26. The van der Waals surface area contributed by atoms with Crippen LogP contribution < -0.4 is 10.4 Å². The summed E-state index contributed by atoms with van der Waals surface area (Å²) in [6.07, 6.45) is 0. The molecule has 0 N–H and O–H groups in total. The fourth-order valence-electron chi connectivity index (χ4n) is 2.48. The van der Waals surface area contributed by atoms with Gasteiger partial charge in [0.15, 0.2) is 0 Å². The van der Waals surface area contributed by atoms with E-state index in [0.717, 1.165) is 21.1 Å². The highest BCUT2D eigenvalue weighted by atomic mass is 16.7. The van der Waals surface area contributed by atoms with Gasteiger partial charge in [0.1, 0.15) is 0 Å². The van der Waals surface area contributed by atoms with Gasteiger partial charge in [0.05, 0.1) is 16.3 Å². The lowest BCUT2D eigenvalue weighted by Crippen LogP contribution is -2.37. The first-order chi connectivity index (χ1) is 10.8. The van der Waals surface area contributed by atoms with E-state index < -0.39 is 11.4 Å². The van der Waals surface area contributed by atoms with Crippen molar-refractivity contribution < 1.29 is 9.63 Å². The molecule has 1 aromatic heterocycles. The Kier molecular flexibility index (Phi) is 3.48. The fraction of sp³-hybridized carbons (Fsp3) is 0.263. The van der Waals surface area contributed by atoms with Crippen LogP contribution in [-0.2, 0) is 4.79 Å². The molecule has 0 aliphatic carbocycles. The maximum Gasteiger partial charge on any atom is 0.338 e. The molecule has 23 heavy (non-hydrogen) atoms. The number of fused-ring (bicyclic) bond motifs is 3. The fourth-order valence-corrected chi connectivity index (χ4v) is 2.48. The van der Waals surface area contributed by atoms with E-state index in [1.165, 1.54) is 0 Å². The van der Waals surface area contributed by atoms with Crippen molar-refractivity contribution in [3.63, 3.8) is 0 Å². The van der Waals surface area contributed by atoms with Crippen molar-refractivity contribution >= 4 is 27.6 Å². The standard InChI is InChI=1S/C19H19NO3/c1-12-9-10-16-15(11-12)13-7-5-6-8-14(13)17(21)20(16)23-18(22)19(2,3)4/h5-11H,1-4H3. The van der Waals surface area contributed by atoms with Crippen LogP contribution in [0.15, 0.2) is 47.3 Å². The van der Waals surface area contributed by atoms with E-state index in [9.17, 15) is 9.59 Å². The maximum absolute atomic E-state index is 12.8. The number of nitrogens with zero attached hydrogens (tertiary/aromatic N) is 1. The molecule has 0 aliphatic heterocycles. The van der Waals surface area contributed by atoms with Gasteiger partial charge in [-0.05, 0) is 51.3 Å². The van der Waals surface area contributed by atoms with Crippen LogP contribution >= 0.6 is 0 Å². The topological polar surface area (TPSA) is 48.3 Å². The van der Waals surface area contributed by atoms with Crippen molar-refractivity contribution in [3.8, 4) is 0 Å². The normalized spacial score (nSPS) is 11.8. The number of benzene rings is 2. The van der Waals surface area contributed by atoms with Gasteiger partial charge in [0, 0.05) is 5.39 Å². The molecule has 0 aliphatic rings. The van der Waals surface area contributed by atoms with Crippen molar-refractivity contribution in [3.05, 3.63) is 58.4 Å². The molecule has 3 rings (SSSR count). The monoisotopic (exact) mass is 309 g/mol. The summed E-state index contributed by atoms with van der Waals surface area (Å²) in [4.78, 5) is 30.5. The van der Waals surface area contributed by atoms with Crippen molar-refractivity contribution in [1.29, 1.82) is 0 Å². The number of hydrogen-bond donors (Lipinski definition) is 0. The largest absolute Gasteiger partial charge is 0.338 e.